The number of amides is 4. The zero-order valence-electron chi connectivity index (χ0n) is 20.1. The van der Waals surface area contributed by atoms with E-state index in [1.54, 1.807) is 12.1 Å². The van der Waals surface area contributed by atoms with Crippen molar-refractivity contribution in [1.82, 2.24) is 25.9 Å². The van der Waals surface area contributed by atoms with Gasteiger partial charge < -0.3 is 42.6 Å². The molecule has 14 nitrogen and oxygen atoms in total. The van der Waals surface area contributed by atoms with Crippen LogP contribution in [-0.4, -0.2) is 73.9 Å². The van der Waals surface area contributed by atoms with Crippen molar-refractivity contribution in [1.29, 1.82) is 0 Å². The molecule has 1 aromatic heterocycles. The number of carboxylic acid groups (broad SMARTS) is 1. The molecule has 0 aliphatic rings. The van der Waals surface area contributed by atoms with Gasteiger partial charge in [-0.25, -0.2) is 9.78 Å². The van der Waals surface area contributed by atoms with E-state index in [0.29, 0.717) is 11.3 Å². The normalized spacial score (nSPS) is 14.0. The van der Waals surface area contributed by atoms with E-state index in [4.69, 9.17) is 11.5 Å². The monoisotopic (exact) mass is 517 g/mol. The number of nitrogens with zero attached hydrogens (tertiary/aromatic N) is 1. The van der Waals surface area contributed by atoms with E-state index >= 15 is 0 Å². The fraction of sp³-hybridized carbons (Fsp3) is 0.391. The maximum atomic E-state index is 13.0. The number of hydrogen-bond donors (Lipinski definition) is 8. The second-order valence-corrected chi connectivity index (χ2v) is 8.45. The molecule has 0 bridgehead atoms. The fourth-order valence-electron chi connectivity index (χ4n) is 3.30. The fourth-order valence-corrected chi connectivity index (χ4v) is 3.30. The number of aliphatic carboxylic acids is 1. The number of benzene rings is 1. The Morgan fingerprint density at radius 2 is 1.62 bits per heavy atom. The standard InChI is InChI=1S/C23H31N7O7/c1-12(20(33)29-17(23(36)37)6-7-19(25)32)28-22(35)18(8-13-2-4-15(31)5-3-13)30-21(34)16(24)9-14-10-26-11-27-14/h2-5,10-12,16-18,31H,6-9,24H2,1H3,(H2,25,32)(H,26,27)(H,28,35)(H,29,33)(H,30,34)(H,36,37). The van der Waals surface area contributed by atoms with Crippen molar-refractivity contribution in [2.24, 2.45) is 11.5 Å². The maximum absolute atomic E-state index is 13.0. The summed E-state index contributed by atoms with van der Waals surface area (Å²) in [5.41, 5.74) is 12.2. The SMILES string of the molecule is CC(NC(=O)C(Cc1ccc(O)cc1)NC(=O)C(N)Cc1cnc[nH]1)C(=O)NC(CCC(N)=O)C(=O)O. The number of nitrogens with one attached hydrogen (secondary N) is 4. The van der Waals surface area contributed by atoms with Gasteiger partial charge in [0.2, 0.25) is 23.6 Å². The number of hydrogen-bond acceptors (Lipinski definition) is 8. The lowest BCUT2D eigenvalue weighted by Gasteiger charge is -2.23. The van der Waals surface area contributed by atoms with Gasteiger partial charge in [0.05, 0.1) is 12.4 Å². The van der Waals surface area contributed by atoms with E-state index < -0.39 is 53.8 Å². The Morgan fingerprint density at radius 3 is 2.19 bits per heavy atom. The van der Waals surface area contributed by atoms with E-state index in [0.717, 1.165) is 0 Å². The first-order valence-electron chi connectivity index (χ1n) is 11.4. The van der Waals surface area contributed by atoms with Crippen LogP contribution < -0.4 is 27.4 Å². The number of aromatic nitrogens is 2. The second-order valence-electron chi connectivity index (χ2n) is 8.45. The highest BCUT2D eigenvalue weighted by Gasteiger charge is 2.29. The third-order valence-electron chi connectivity index (χ3n) is 5.39. The average Bonchev–Trinajstić information content (AvgIpc) is 3.34. The molecule has 1 heterocycles. The van der Waals surface area contributed by atoms with Gasteiger partial charge in [0, 0.05) is 31.2 Å². The van der Waals surface area contributed by atoms with Crippen LogP contribution in [0, 0.1) is 0 Å². The molecule has 0 spiro atoms. The Balaban J connectivity index is 2.08. The predicted molar refractivity (Wildman–Crippen MR) is 130 cm³/mol. The number of aromatic amines is 1. The Hall–Kier alpha value is -4.46. The van der Waals surface area contributed by atoms with Gasteiger partial charge in [-0.1, -0.05) is 12.1 Å². The molecular weight excluding hydrogens is 486 g/mol. The molecule has 0 fully saturated rings. The Kier molecular flexibility index (Phi) is 10.6. The van der Waals surface area contributed by atoms with Gasteiger partial charge in [0.15, 0.2) is 0 Å². The molecule has 4 amide bonds. The lowest BCUT2D eigenvalue weighted by molar-refractivity contribution is -0.142. The summed E-state index contributed by atoms with van der Waals surface area (Å²) >= 11 is 0. The first kappa shape index (κ1) is 28.8. The van der Waals surface area contributed by atoms with Crippen molar-refractivity contribution in [2.75, 3.05) is 0 Å². The number of carbonyl (C=O) groups is 5. The van der Waals surface area contributed by atoms with Crippen LogP contribution in [0.5, 0.6) is 5.75 Å². The minimum Gasteiger partial charge on any atom is -0.508 e. The van der Waals surface area contributed by atoms with Crippen molar-refractivity contribution in [3.05, 3.63) is 48.0 Å². The molecule has 200 valence electrons. The highest BCUT2D eigenvalue weighted by Crippen LogP contribution is 2.12. The number of phenols is 1. The van der Waals surface area contributed by atoms with Crippen molar-refractivity contribution >= 4 is 29.6 Å². The second kappa shape index (κ2) is 13.6. The Morgan fingerprint density at radius 1 is 0.973 bits per heavy atom. The Labute approximate surface area is 212 Å². The van der Waals surface area contributed by atoms with Crippen molar-refractivity contribution < 1.29 is 34.2 Å². The molecule has 4 unspecified atom stereocenters. The molecule has 0 saturated carbocycles. The number of imidazole rings is 1. The van der Waals surface area contributed by atoms with Crippen molar-refractivity contribution in [3.8, 4) is 5.75 Å². The molecule has 1 aromatic carbocycles. The number of H-pyrrole nitrogens is 1. The molecule has 0 aliphatic heterocycles. The summed E-state index contributed by atoms with van der Waals surface area (Å²) in [6.45, 7) is 1.34. The largest absolute Gasteiger partial charge is 0.508 e. The number of aromatic hydroxyl groups is 1. The minimum absolute atomic E-state index is 0.0132. The first-order chi connectivity index (χ1) is 17.5. The van der Waals surface area contributed by atoms with Crippen LogP contribution in [0.3, 0.4) is 0 Å². The zero-order valence-corrected chi connectivity index (χ0v) is 20.1. The van der Waals surface area contributed by atoms with Crippen molar-refractivity contribution in [3.63, 3.8) is 0 Å². The molecular formula is C23H31N7O7. The number of primary amides is 1. The summed E-state index contributed by atoms with van der Waals surface area (Å²) in [6.07, 6.45) is 2.64. The highest BCUT2D eigenvalue weighted by atomic mass is 16.4. The van der Waals surface area contributed by atoms with Crippen LogP contribution in [0.15, 0.2) is 36.8 Å². The summed E-state index contributed by atoms with van der Waals surface area (Å²) in [7, 11) is 0. The molecule has 0 radical (unpaired) electrons. The van der Waals surface area contributed by atoms with Gasteiger partial charge in [0.1, 0.15) is 23.9 Å². The molecule has 0 saturated heterocycles. The van der Waals surface area contributed by atoms with Crippen LogP contribution in [0.1, 0.15) is 31.0 Å². The lowest BCUT2D eigenvalue weighted by atomic mass is 10.0. The number of phenolic OH excluding ortho intramolecular Hbond substituents is 1. The molecule has 10 N–H and O–H groups in total. The minimum atomic E-state index is -1.38. The van der Waals surface area contributed by atoms with Crippen molar-refractivity contribution in [2.45, 2.75) is 56.8 Å². The van der Waals surface area contributed by atoms with Gasteiger partial charge in [-0.3, -0.25) is 19.2 Å². The molecule has 4 atom stereocenters. The van der Waals surface area contributed by atoms with E-state index in [1.807, 2.05) is 0 Å². The van der Waals surface area contributed by atoms with Gasteiger partial charge in [0.25, 0.3) is 0 Å². The van der Waals surface area contributed by atoms with Gasteiger partial charge >= 0.3 is 5.97 Å². The molecule has 14 heteroatoms. The summed E-state index contributed by atoms with van der Waals surface area (Å²) in [5, 5.41) is 26.1. The average molecular weight is 518 g/mol. The van der Waals surface area contributed by atoms with Crippen LogP contribution in [-0.2, 0) is 36.8 Å². The molecule has 37 heavy (non-hydrogen) atoms. The van der Waals surface area contributed by atoms with Gasteiger partial charge in [-0.2, -0.15) is 0 Å². The van der Waals surface area contributed by atoms with Gasteiger partial charge in [-0.15, -0.1) is 0 Å². The maximum Gasteiger partial charge on any atom is 0.326 e. The van der Waals surface area contributed by atoms with E-state index in [1.165, 1.54) is 31.6 Å². The third kappa shape index (κ3) is 9.60. The first-order valence-corrected chi connectivity index (χ1v) is 11.4. The predicted octanol–water partition coefficient (Wildman–Crippen LogP) is -1.95. The molecule has 2 aromatic rings. The van der Waals surface area contributed by atoms with Crippen LogP contribution in [0.4, 0.5) is 0 Å². The topological polar surface area (TPSA) is 243 Å². The van der Waals surface area contributed by atoms with E-state index in [9.17, 15) is 34.2 Å². The lowest BCUT2D eigenvalue weighted by Crippen LogP contribution is -2.57. The quantitative estimate of drug-likeness (QED) is 0.139. The molecule has 0 aliphatic carbocycles. The van der Waals surface area contributed by atoms with E-state index in [2.05, 4.69) is 25.9 Å². The summed E-state index contributed by atoms with van der Waals surface area (Å²) in [4.78, 5) is 67.3. The Bertz CT molecular complexity index is 1090. The van der Waals surface area contributed by atoms with E-state index in [-0.39, 0.29) is 31.4 Å². The summed E-state index contributed by atoms with van der Waals surface area (Å²) in [6, 6.07) is 1.27. The highest BCUT2D eigenvalue weighted by molar-refractivity contribution is 5.94. The summed E-state index contributed by atoms with van der Waals surface area (Å²) < 4.78 is 0. The van der Waals surface area contributed by atoms with Gasteiger partial charge in [-0.05, 0) is 31.0 Å². The van der Waals surface area contributed by atoms with Crippen LogP contribution >= 0.6 is 0 Å². The smallest absolute Gasteiger partial charge is 0.326 e. The van der Waals surface area contributed by atoms with Crippen LogP contribution in [0.25, 0.3) is 0 Å². The summed E-state index contributed by atoms with van der Waals surface area (Å²) in [5.74, 6) is -4.22. The number of carbonyl (C=O) groups excluding carboxylic acids is 4. The zero-order chi connectivity index (χ0) is 27.5. The number of rotatable bonds is 14. The third-order valence-corrected chi connectivity index (χ3v) is 5.39. The number of carboxylic acids is 1. The van der Waals surface area contributed by atoms with Crippen LogP contribution in [0.2, 0.25) is 0 Å². The number of nitrogens with two attached hydrogens (primary N) is 2. The molecule has 2 rings (SSSR count).